The lowest BCUT2D eigenvalue weighted by Crippen LogP contribution is -2.16. The maximum absolute atomic E-state index is 5.92. The predicted molar refractivity (Wildman–Crippen MR) is 83.2 cm³/mol. The van der Waals surface area contributed by atoms with Crippen LogP contribution in [-0.2, 0) is 13.0 Å². The Hall–Kier alpha value is -0.830. The topological polar surface area (TPSA) is 12.0 Å². The fourth-order valence-electron chi connectivity index (χ4n) is 2.30. The summed E-state index contributed by atoms with van der Waals surface area (Å²) in [4.78, 5) is 1.35. The quantitative estimate of drug-likeness (QED) is 0.766. The monoisotopic (exact) mass is 291 g/mol. The summed E-state index contributed by atoms with van der Waals surface area (Å²) in [6.45, 7) is 1.96. The van der Waals surface area contributed by atoms with E-state index in [1.807, 2.05) is 6.07 Å². The van der Waals surface area contributed by atoms with Gasteiger partial charge in [0.1, 0.15) is 0 Å². The van der Waals surface area contributed by atoms with Crippen LogP contribution in [0.2, 0.25) is 4.34 Å². The molecule has 0 amide bonds. The Bertz CT molecular complexity index is 545. The fraction of sp³-hybridized carbons (Fsp3) is 0.375. The van der Waals surface area contributed by atoms with Crippen molar-refractivity contribution in [3.05, 3.63) is 56.7 Å². The van der Waals surface area contributed by atoms with Gasteiger partial charge in [0.25, 0.3) is 0 Å². The number of thiophene rings is 1. The van der Waals surface area contributed by atoms with Crippen LogP contribution in [0.25, 0.3) is 0 Å². The van der Waals surface area contributed by atoms with Crippen LogP contribution in [0.3, 0.4) is 0 Å². The summed E-state index contributed by atoms with van der Waals surface area (Å²) in [6.07, 6.45) is 3.80. The van der Waals surface area contributed by atoms with Crippen LogP contribution < -0.4 is 5.32 Å². The molecule has 1 aliphatic rings. The van der Waals surface area contributed by atoms with Crippen LogP contribution in [0, 0.1) is 0 Å². The van der Waals surface area contributed by atoms with E-state index in [1.165, 1.54) is 28.8 Å². The van der Waals surface area contributed by atoms with Crippen molar-refractivity contribution < 1.29 is 0 Å². The average molecular weight is 292 g/mol. The molecule has 0 aliphatic heterocycles. The van der Waals surface area contributed by atoms with Crippen molar-refractivity contribution >= 4 is 22.9 Å². The summed E-state index contributed by atoms with van der Waals surface area (Å²) in [6, 6.07) is 13.1. The lowest BCUT2D eigenvalue weighted by molar-refractivity contribution is 0.690. The van der Waals surface area contributed by atoms with E-state index in [0.29, 0.717) is 0 Å². The molecule has 1 heterocycles. The molecule has 0 atom stereocenters. The zero-order valence-corrected chi connectivity index (χ0v) is 12.4. The minimum absolute atomic E-state index is 0.841. The molecule has 19 heavy (non-hydrogen) atoms. The zero-order chi connectivity index (χ0) is 13.1. The highest BCUT2D eigenvalue weighted by Gasteiger charge is 2.23. The number of hydrogen-bond donors (Lipinski definition) is 1. The predicted octanol–water partition coefficient (Wildman–Crippen LogP) is 4.61. The largest absolute Gasteiger partial charge is 0.312 e. The molecule has 1 aromatic heterocycles. The highest BCUT2D eigenvalue weighted by atomic mass is 35.5. The van der Waals surface area contributed by atoms with Gasteiger partial charge < -0.3 is 5.32 Å². The van der Waals surface area contributed by atoms with Gasteiger partial charge in [-0.1, -0.05) is 35.9 Å². The standard InChI is InChI=1S/C16H18ClNS/c17-16-7-6-15(19-16)8-9-18-11-12-2-1-3-14(10-12)13-4-5-13/h1-3,6-7,10,13,18H,4-5,8-9,11H2. The minimum Gasteiger partial charge on any atom is -0.312 e. The lowest BCUT2D eigenvalue weighted by atomic mass is 10.1. The third kappa shape index (κ3) is 3.82. The first kappa shape index (κ1) is 13.2. The lowest BCUT2D eigenvalue weighted by Gasteiger charge is -2.06. The second-order valence-electron chi connectivity index (χ2n) is 5.15. The maximum Gasteiger partial charge on any atom is 0.0931 e. The number of nitrogens with one attached hydrogen (secondary N) is 1. The molecule has 3 heteroatoms. The second-order valence-corrected chi connectivity index (χ2v) is 6.95. The van der Waals surface area contributed by atoms with E-state index in [1.54, 1.807) is 11.3 Å². The Balaban J connectivity index is 1.45. The van der Waals surface area contributed by atoms with Crippen molar-refractivity contribution in [1.82, 2.24) is 5.32 Å². The summed E-state index contributed by atoms with van der Waals surface area (Å²) in [5.41, 5.74) is 2.91. The van der Waals surface area contributed by atoms with Crippen molar-refractivity contribution in [2.75, 3.05) is 6.54 Å². The van der Waals surface area contributed by atoms with Gasteiger partial charge in [-0.3, -0.25) is 0 Å². The molecule has 3 rings (SSSR count). The summed E-state index contributed by atoms with van der Waals surface area (Å²) >= 11 is 7.59. The first-order valence-corrected chi connectivity index (χ1v) is 8.04. The molecule has 2 aromatic rings. The van der Waals surface area contributed by atoms with Gasteiger partial charge >= 0.3 is 0 Å². The molecular weight excluding hydrogens is 274 g/mol. The highest BCUT2D eigenvalue weighted by molar-refractivity contribution is 7.16. The highest BCUT2D eigenvalue weighted by Crippen LogP contribution is 2.40. The van der Waals surface area contributed by atoms with Gasteiger partial charge in [-0.05, 0) is 48.4 Å². The third-order valence-electron chi connectivity index (χ3n) is 3.51. The zero-order valence-electron chi connectivity index (χ0n) is 10.9. The van der Waals surface area contributed by atoms with Crippen LogP contribution in [0.5, 0.6) is 0 Å². The Morgan fingerprint density at radius 1 is 1.21 bits per heavy atom. The van der Waals surface area contributed by atoms with Crippen LogP contribution in [0.15, 0.2) is 36.4 Å². The van der Waals surface area contributed by atoms with Gasteiger partial charge in [0, 0.05) is 18.0 Å². The second kappa shape index (κ2) is 6.08. The molecule has 1 nitrogen and oxygen atoms in total. The molecule has 1 aromatic carbocycles. The van der Waals surface area contributed by atoms with E-state index in [4.69, 9.17) is 11.6 Å². The Morgan fingerprint density at radius 2 is 2.11 bits per heavy atom. The maximum atomic E-state index is 5.92. The number of hydrogen-bond acceptors (Lipinski definition) is 2. The molecule has 1 N–H and O–H groups in total. The first-order valence-electron chi connectivity index (χ1n) is 6.85. The molecule has 100 valence electrons. The normalized spacial score (nSPS) is 14.8. The van der Waals surface area contributed by atoms with Crippen LogP contribution in [-0.4, -0.2) is 6.54 Å². The molecule has 1 fully saturated rings. The average Bonchev–Trinajstić information content (AvgIpc) is 3.19. The molecule has 0 radical (unpaired) electrons. The van der Waals surface area contributed by atoms with E-state index < -0.39 is 0 Å². The van der Waals surface area contributed by atoms with Gasteiger partial charge in [-0.15, -0.1) is 11.3 Å². The first-order chi connectivity index (χ1) is 9.31. The minimum atomic E-state index is 0.841. The van der Waals surface area contributed by atoms with Crippen LogP contribution in [0.4, 0.5) is 0 Å². The molecular formula is C16H18ClNS. The van der Waals surface area contributed by atoms with Crippen molar-refractivity contribution in [3.8, 4) is 0 Å². The number of halogens is 1. The molecule has 1 aliphatic carbocycles. The molecule has 0 spiro atoms. The van der Waals surface area contributed by atoms with Crippen LogP contribution >= 0.6 is 22.9 Å². The molecule has 0 saturated heterocycles. The van der Waals surface area contributed by atoms with Crippen LogP contribution in [0.1, 0.15) is 34.8 Å². The molecule has 0 bridgehead atoms. The number of rotatable bonds is 6. The van der Waals surface area contributed by atoms with Crippen molar-refractivity contribution in [2.45, 2.75) is 31.7 Å². The third-order valence-corrected chi connectivity index (χ3v) is 4.80. The Kier molecular flexibility index (Phi) is 4.21. The van der Waals surface area contributed by atoms with Gasteiger partial charge in [0.15, 0.2) is 0 Å². The van der Waals surface area contributed by atoms with Crippen molar-refractivity contribution in [1.29, 1.82) is 0 Å². The summed E-state index contributed by atoms with van der Waals surface area (Å²) in [5.74, 6) is 0.841. The van der Waals surface area contributed by atoms with E-state index in [9.17, 15) is 0 Å². The van der Waals surface area contributed by atoms with Gasteiger partial charge in [-0.25, -0.2) is 0 Å². The van der Waals surface area contributed by atoms with Gasteiger partial charge in [-0.2, -0.15) is 0 Å². The Morgan fingerprint density at radius 3 is 2.84 bits per heavy atom. The number of benzene rings is 1. The van der Waals surface area contributed by atoms with E-state index in [0.717, 1.165) is 29.8 Å². The molecule has 1 saturated carbocycles. The van der Waals surface area contributed by atoms with E-state index >= 15 is 0 Å². The van der Waals surface area contributed by atoms with E-state index in [-0.39, 0.29) is 0 Å². The molecule has 0 unspecified atom stereocenters. The SMILES string of the molecule is Clc1ccc(CCNCc2cccc(C3CC3)c2)s1. The van der Waals surface area contributed by atoms with Crippen molar-refractivity contribution in [3.63, 3.8) is 0 Å². The van der Waals surface area contributed by atoms with Gasteiger partial charge in [0.2, 0.25) is 0 Å². The van der Waals surface area contributed by atoms with E-state index in [2.05, 4.69) is 35.6 Å². The smallest absolute Gasteiger partial charge is 0.0931 e. The Labute approximate surface area is 123 Å². The fourth-order valence-corrected chi connectivity index (χ4v) is 3.39. The summed E-state index contributed by atoms with van der Waals surface area (Å²) in [5, 5.41) is 3.51. The van der Waals surface area contributed by atoms with Gasteiger partial charge in [0.05, 0.1) is 4.34 Å². The summed E-state index contributed by atoms with van der Waals surface area (Å²) < 4.78 is 0.882. The van der Waals surface area contributed by atoms with Crippen molar-refractivity contribution in [2.24, 2.45) is 0 Å². The summed E-state index contributed by atoms with van der Waals surface area (Å²) in [7, 11) is 0.